The van der Waals surface area contributed by atoms with Crippen molar-refractivity contribution >= 4 is 5.91 Å². The molecule has 2 aliphatic rings. The van der Waals surface area contributed by atoms with Crippen LogP contribution >= 0.6 is 0 Å². The highest BCUT2D eigenvalue weighted by Gasteiger charge is 2.24. The predicted molar refractivity (Wildman–Crippen MR) is 139 cm³/mol. The monoisotopic (exact) mass is 479 g/mol. The van der Waals surface area contributed by atoms with Gasteiger partial charge in [0, 0.05) is 83.1 Å². The first-order valence-electron chi connectivity index (χ1n) is 13.0. The van der Waals surface area contributed by atoms with Crippen LogP contribution in [-0.4, -0.2) is 88.6 Å². The quantitative estimate of drug-likeness (QED) is 0.448. The highest BCUT2D eigenvalue weighted by atomic mass is 16.5. The topological polar surface area (TPSA) is 62.3 Å². The lowest BCUT2D eigenvalue weighted by molar-refractivity contribution is 0.0705. The van der Waals surface area contributed by atoms with Gasteiger partial charge in [0.05, 0.1) is 0 Å². The fraction of sp³-hybridized carbons (Fsp3) is 0.536. The third kappa shape index (κ3) is 7.12. The average molecular weight is 480 g/mol. The second-order valence-electron chi connectivity index (χ2n) is 10.4. The maximum atomic E-state index is 11.5. The van der Waals surface area contributed by atoms with E-state index in [4.69, 9.17) is 5.21 Å². The van der Waals surface area contributed by atoms with Crippen molar-refractivity contribution < 1.29 is 10.0 Å². The minimum absolute atomic E-state index is 0.467. The molecule has 2 saturated heterocycles. The highest BCUT2D eigenvalue weighted by molar-refractivity contribution is 5.93. The summed E-state index contributed by atoms with van der Waals surface area (Å²) in [6.45, 7) is 17.6. The zero-order valence-electron chi connectivity index (χ0n) is 21.5. The Morgan fingerprint density at radius 1 is 0.886 bits per heavy atom. The number of hydrogen-bond acceptors (Lipinski definition) is 6. The van der Waals surface area contributed by atoms with Crippen molar-refractivity contribution in [1.29, 1.82) is 0 Å². The van der Waals surface area contributed by atoms with Crippen LogP contribution in [0.5, 0.6) is 0 Å². The van der Waals surface area contributed by atoms with Gasteiger partial charge in [-0.1, -0.05) is 36.4 Å². The number of hydrogen-bond donors (Lipinski definition) is 2. The summed E-state index contributed by atoms with van der Waals surface area (Å²) in [5, 5.41) is 8.78. The van der Waals surface area contributed by atoms with E-state index in [1.165, 1.54) is 29.8 Å². The molecule has 2 heterocycles. The first kappa shape index (κ1) is 25.8. The van der Waals surface area contributed by atoms with Gasteiger partial charge >= 0.3 is 0 Å². The van der Waals surface area contributed by atoms with Gasteiger partial charge < -0.3 is 0 Å². The van der Waals surface area contributed by atoms with E-state index >= 15 is 0 Å². The molecule has 7 heteroatoms. The standard InChI is InChI=1S/C28H41N5O2/c1-22(2)32-14-11-30(12-15-32)20-25-5-4-6-26(17-25)21-33-16-13-31(18-23(33)3)19-24-7-9-27(10-8-24)28(34)29-35/h4-10,17,22-23,35H,11-16,18-21H2,1-3H3,(H,29,34)/t23-/m0/s1. The average Bonchev–Trinajstić information content (AvgIpc) is 2.86. The molecule has 0 aromatic heterocycles. The number of carbonyl (C=O) groups excluding carboxylic acids is 1. The number of piperazine rings is 2. The molecule has 0 unspecified atom stereocenters. The summed E-state index contributed by atoms with van der Waals surface area (Å²) in [6.07, 6.45) is 0. The van der Waals surface area contributed by atoms with Gasteiger partial charge in [0.2, 0.25) is 0 Å². The fourth-order valence-corrected chi connectivity index (χ4v) is 5.29. The van der Waals surface area contributed by atoms with Crippen LogP contribution in [0, 0.1) is 0 Å². The van der Waals surface area contributed by atoms with Gasteiger partial charge in [-0.05, 0) is 49.6 Å². The molecular formula is C28H41N5O2. The molecule has 0 radical (unpaired) electrons. The lowest BCUT2D eigenvalue weighted by atomic mass is 10.1. The van der Waals surface area contributed by atoms with E-state index in [0.29, 0.717) is 17.6 Å². The maximum absolute atomic E-state index is 11.5. The van der Waals surface area contributed by atoms with Crippen LogP contribution < -0.4 is 5.48 Å². The van der Waals surface area contributed by atoms with Crippen molar-refractivity contribution in [2.75, 3.05) is 45.8 Å². The SMILES string of the molecule is CC(C)N1CCN(Cc2cccc(CN3CCN(Cc4ccc(C(=O)NO)cc4)C[C@@H]3C)c2)CC1. The zero-order valence-corrected chi connectivity index (χ0v) is 21.5. The van der Waals surface area contributed by atoms with Gasteiger partial charge in [0.15, 0.2) is 0 Å². The van der Waals surface area contributed by atoms with E-state index in [1.54, 1.807) is 17.6 Å². The van der Waals surface area contributed by atoms with E-state index in [0.717, 1.165) is 52.4 Å². The summed E-state index contributed by atoms with van der Waals surface area (Å²) >= 11 is 0. The molecule has 1 atom stereocenters. The van der Waals surface area contributed by atoms with E-state index in [9.17, 15) is 4.79 Å². The van der Waals surface area contributed by atoms with Crippen LogP contribution in [-0.2, 0) is 19.6 Å². The Bertz CT molecular complexity index is 956. The third-order valence-electron chi connectivity index (χ3n) is 7.49. The molecule has 2 aliphatic heterocycles. The number of nitrogens with one attached hydrogen (secondary N) is 1. The Balaban J connectivity index is 1.26. The van der Waals surface area contributed by atoms with Crippen molar-refractivity contribution in [2.45, 2.75) is 52.5 Å². The molecule has 2 aromatic carbocycles. The Labute approximate surface area is 210 Å². The van der Waals surface area contributed by atoms with Crippen molar-refractivity contribution in [1.82, 2.24) is 25.1 Å². The van der Waals surface area contributed by atoms with Gasteiger partial charge in [0.25, 0.3) is 5.91 Å². The number of benzene rings is 2. The van der Waals surface area contributed by atoms with Gasteiger partial charge in [0.1, 0.15) is 0 Å². The van der Waals surface area contributed by atoms with Gasteiger partial charge in [-0.2, -0.15) is 0 Å². The largest absolute Gasteiger partial charge is 0.298 e. The second-order valence-corrected chi connectivity index (χ2v) is 10.4. The van der Waals surface area contributed by atoms with Crippen LogP contribution in [0.2, 0.25) is 0 Å². The summed E-state index contributed by atoms with van der Waals surface area (Å²) in [7, 11) is 0. The Hall–Kier alpha value is -2.29. The highest BCUT2D eigenvalue weighted by Crippen LogP contribution is 2.18. The third-order valence-corrected chi connectivity index (χ3v) is 7.49. The molecule has 0 bridgehead atoms. The van der Waals surface area contributed by atoms with Crippen LogP contribution in [0.1, 0.15) is 47.8 Å². The number of amides is 1. The smallest absolute Gasteiger partial charge is 0.274 e. The molecule has 0 saturated carbocycles. The van der Waals surface area contributed by atoms with E-state index in [1.807, 2.05) is 12.1 Å². The van der Waals surface area contributed by atoms with Crippen LogP contribution in [0.15, 0.2) is 48.5 Å². The van der Waals surface area contributed by atoms with Crippen LogP contribution in [0.25, 0.3) is 0 Å². The van der Waals surface area contributed by atoms with Crippen molar-refractivity contribution in [3.8, 4) is 0 Å². The van der Waals surface area contributed by atoms with Crippen LogP contribution in [0.4, 0.5) is 0 Å². The minimum atomic E-state index is -0.475. The summed E-state index contributed by atoms with van der Waals surface area (Å²) < 4.78 is 0. The molecule has 35 heavy (non-hydrogen) atoms. The summed E-state index contributed by atoms with van der Waals surface area (Å²) in [4.78, 5) is 21.7. The summed E-state index contributed by atoms with van der Waals surface area (Å²) in [6, 6.07) is 17.7. The molecule has 1 amide bonds. The normalized spacial score (nSPS) is 20.9. The lowest BCUT2D eigenvalue weighted by Gasteiger charge is -2.40. The van der Waals surface area contributed by atoms with Crippen LogP contribution in [0.3, 0.4) is 0 Å². The molecule has 0 aliphatic carbocycles. The second kappa shape index (κ2) is 12.1. The van der Waals surface area contributed by atoms with E-state index < -0.39 is 5.91 Å². The molecule has 190 valence electrons. The number of hydroxylamine groups is 1. The van der Waals surface area contributed by atoms with E-state index in [2.05, 4.69) is 64.6 Å². The fourth-order valence-electron chi connectivity index (χ4n) is 5.29. The van der Waals surface area contributed by atoms with Crippen molar-refractivity contribution in [2.24, 2.45) is 0 Å². The zero-order chi connectivity index (χ0) is 24.8. The Kier molecular flexibility index (Phi) is 8.92. The molecule has 2 fully saturated rings. The predicted octanol–water partition coefficient (Wildman–Crippen LogP) is 3.04. The van der Waals surface area contributed by atoms with E-state index in [-0.39, 0.29) is 0 Å². The number of nitrogens with zero attached hydrogens (tertiary/aromatic N) is 4. The number of rotatable bonds is 8. The van der Waals surface area contributed by atoms with Crippen molar-refractivity contribution in [3.05, 3.63) is 70.8 Å². The maximum Gasteiger partial charge on any atom is 0.274 e. The van der Waals surface area contributed by atoms with Gasteiger partial charge in [-0.15, -0.1) is 0 Å². The van der Waals surface area contributed by atoms with Gasteiger partial charge in [-0.25, -0.2) is 5.48 Å². The first-order chi connectivity index (χ1) is 16.9. The summed E-state index contributed by atoms with van der Waals surface area (Å²) in [5.74, 6) is -0.475. The molecule has 7 nitrogen and oxygen atoms in total. The lowest BCUT2D eigenvalue weighted by Crippen LogP contribution is -2.50. The Morgan fingerprint density at radius 2 is 1.51 bits per heavy atom. The minimum Gasteiger partial charge on any atom is -0.298 e. The first-order valence-corrected chi connectivity index (χ1v) is 13.0. The van der Waals surface area contributed by atoms with Crippen molar-refractivity contribution in [3.63, 3.8) is 0 Å². The van der Waals surface area contributed by atoms with Gasteiger partial charge in [-0.3, -0.25) is 29.6 Å². The molecule has 0 spiro atoms. The number of carbonyl (C=O) groups is 1. The molecule has 2 N–H and O–H groups in total. The summed E-state index contributed by atoms with van der Waals surface area (Å²) in [5.41, 5.74) is 6.16. The molecule has 4 rings (SSSR count). The molecule has 2 aromatic rings. The Morgan fingerprint density at radius 3 is 2.14 bits per heavy atom. The molecular weight excluding hydrogens is 438 g/mol.